The van der Waals surface area contributed by atoms with Gasteiger partial charge in [0, 0.05) is 30.1 Å². The summed E-state index contributed by atoms with van der Waals surface area (Å²) in [5.74, 6) is -0.639. The fourth-order valence-electron chi connectivity index (χ4n) is 6.76. The van der Waals surface area contributed by atoms with E-state index in [1.54, 1.807) is 7.05 Å². The van der Waals surface area contributed by atoms with E-state index in [2.05, 4.69) is 40.7 Å². The Labute approximate surface area is 241 Å². The second-order valence-electron chi connectivity index (χ2n) is 11.1. The zero-order valence-corrected chi connectivity index (χ0v) is 24.3. The summed E-state index contributed by atoms with van der Waals surface area (Å²) in [6.07, 6.45) is 6.33. The fourth-order valence-corrected chi connectivity index (χ4v) is 6.76. The smallest absolute Gasteiger partial charge is 0.325 e. The van der Waals surface area contributed by atoms with Gasteiger partial charge in [0.2, 0.25) is 0 Å². The van der Waals surface area contributed by atoms with Crippen molar-refractivity contribution in [3.05, 3.63) is 41.6 Å². The lowest BCUT2D eigenvalue weighted by molar-refractivity contribution is -0.148. The summed E-state index contributed by atoms with van der Waals surface area (Å²) in [6, 6.07) is 8.65. The maximum Gasteiger partial charge on any atom is 0.325 e. The molecule has 1 N–H and O–H groups in total. The van der Waals surface area contributed by atoms with Gasteiger partial charge in [-0.2, -0.15) is 0 Å². The number of nitrogens with zero attached hydrogens (tertiary/aromatic N) is 3. The number of amides is 1. The standard InChI is InChI=1S/C31H43N3O7/c1-3-31-10-6-11-33-12-9-24-23-7-4-5-8-25(23)34(28(24)29(31)33)26(21-31)30(37)32(2)22-27(36)41-20-19-40-18-17-39-16-15-38-14-13-35/h4-5,7-8,21,29,35H,3,6,9-20,22H2,1-2H3/t29-,31+/m1/s1. The molecule has 1 aromatic heterocycles. The van der Waals surface area contributed by atoms with Gasteiger partial charge in [-0.25, -0.2) is 0 Å². The van der Waals surface area contributed by atoms with Gasteiger partial charge in [-0.1, -0.05) is 25.1 Å². The number of likely N-dealkylation sites (N-methyl/N-ethyl adjacent to an activating group) is 1. The van der Waals surface area contributed by atoms with E-state index >= 15 is 0 Å². The molecule has 0 unspecified atom stereocenters. The van der Waals surface area contributed by atoms with Gasteiger partial charge in [0.25, 0.3) is 5.91 Å². The highest BCUT2D eigenvalue weighted by molar-refractivity contribution is 6.16. The first-order valence-electron chi connectivity index (χ1n) is 14.9. The van der Waals surface area contributed by atoms with Gasteiger partial charge < -0.3 is 33.5 Å². The molecule has 1 amide bonds. The first kappa shape index (κ1) is 29.7. The normalized spacial score (nSPS) is 21.4. The molecule has 41 heavy (non-hydrogen) atoms. The SMILES string of the molecule is CC[C@@]12C=C(C(=O)N(C)CC(=O)OCCOCCOCCOCCO)n3c4c(c5ccccc53)CCN(CCC1)[C@H]42. The summed E-state index contributed by atoms with van der Waals surface area (Å²) in [6.45, 7) is 6.50. The summed E-state index contributed by atoms with van der Waals surface area (Å²) in [7, 11) is 1.67. The van der Waals surface area contributed by atoms with Crippen molar-refractivity contribution in [3.63, 3.8) is 0 Å². The minimum Gasteiger partial charge on any atom is -0.462 e. The van der Waals surface area contributed by atoms with Crippen LogP contribution in [0.25, 0.3) is 16.6 Å². The van der Waals surface area contributed by atoms with Crippen LogP contribution in [0.4, 0.5) is 0 Å². The number of piperidine rings is 1. The van der Waals surface area contributed by atoms with Crippen molar-refractivity contribution in [3.8, 4) is 0 Å². The Morgan fingerprint density at radius 3 is 2.46 bits per heavy atom. The highest BCUT2D eigenvalue weighted by Crippen LogP contribution is 2.57. The van der Waals surface area contributed by atoms with Gasteiger partial charge in [0.15, 0.2) is 0 Å². The molecule has 1 aromatic carbocycles. The van der Waals surface area contributed by atoms with Crippen LogP contribution in [-0.2, 0) is 35.0 Å². The van der Waals surface area contributed by atoms with Crippen LogP contribution in [0.1, 0.15) is 43.5 Å². The van der Waals surface area contributed by atoms with Crippen molar-refractivity contribution in [2.45, 2.75) is 38.6 Å². The van der Waals surface area contributed by atoms with Crippen LogP contribution in [0.3, 0.4) is 0 Å². The molecule has 2 aromatic rings. The van der Waals surface area contributed by atoms with E-state index in [0.717, 1.165) is 44.3 Å². The molecule has 10 nitrogen and oxygen atoms in total. The molecule has 10 heteroatoms. The number of esters is 1. The van der Waals surface area contributed by atoms with E-state index in [1.165, 1.54) is 21.5 Å². The monoisotopic (exact) mass is 569 g/mol. The molecule has 5 rings (SSSR count). The van der Waals surface area contributed by atoms with Gasteiger partial charge in [0.05, 0.1) is 57.8 Å². The lowest BCUT2D eigenvalue weighted by Crippen LogP contribution is -2.51. The Hall–Kier alpha value is -2.76. The van der Waals surface area contributed by atoms with Crippen LogP contribution in [0.15, 0.2) is 30.3 Å². The third-order valence-corrected chi connectivity index (χ3v) is 8.65. The number of rotatable bonds is 15. The maximum absolute atomic E-state index is 14.0. The number of aliphatic hydroxyl groups is 1. The van der Waals surface area contributed by atoms with E-state index in [-0.39, 0.29) is 43.7 Å². The van der Waals surface area contributed by atoms with E-state index in [9.17, 15) is 9.59 Å². The van der Waals surface area contributed by atoms with Crippen molar-refractivity contribution in [1.29, 1.82) is 0 Å². The molecule has 3 aliphatic heterocycles. The number of carbonyl (C=O) groups is 2. The van der Waals surface area contributed by atoms with E-state index in [0.29, 0.717) is 38.7 Å². The van der Waals surface area contributed by atoms with E-state index in [1.807, 2.05) is 6.07 Å². The lowest BCUT2D eigenvalue weighted by Gasteiger charge is -2.53. The number of hydrogen-bond donors (Lipinski definition) is 1. The van der Waals surface area contributed by atoms with Gasteiger partial charge in [-0.05, 0) is 49.9 Å². The third-order valence-electron chi connectivity index (χ3n) is 8.65. The molecule has 2 atom stereocenters. The molecule has 4 heterocycles. The largest absolute Gasteiger partial charge is 0.462 e. The van der Waals surface area contributed by atoms with E-state index in [4.69, 9.17) is 24.1 Å². The van der Waals surface area contributed by atoms with Crippen LogP contribution < -0.4 is 0 Å². The minimum absolute atomic E-state index is 0.00539. The van der Waals surface area contributed by atoms with Crippen LogP contribution in [0.2, 0.25) is 0 Å². The average molecular weight is 570 g/mol. The average Bonchev–Trinajstić information content (AvgIpc) is 3.33. The van der Waals surface area contributed by atoms with Crippen molar-refractivity contribution in [2.24, 2.45) is 5.41 Å². The van der Waals surface area contributed by atoms with Crippen LogP contribution >= 0.6 is 0 Å². The first-order valence-corrected chi connectivity index (χ1v) is 14.9. The molecule has 224 valence electrons. The summed E-state index contributed by atoms with van der Waals surface area (Å²) >= 11 is 0. The molecule has 0 spiro atoms. The minimum atomic E-state index is -0.468. The second kappa shape index (κ2) is 13.5. The number of fused-ring (bicyclic) bond motifs is 3. The Morgan fingerprint density at radius 2 is 1.73 bits per heavy atom. The molecular formula is C31H43N3O7. The molecule has 0 bridgehead atoms. The van der Waals surface area contributed by atoms with Gasteiger partial charge in [-0.15, -0.1) is 0 Å². The fraction of sp³-hybridized carbons (Fsp3) is 0.613. The quantitative estimate of drug-likeness (QED) is 0.258. The van der Waals surface area contributed by atoms with Gasteiger partial charge >= 0.3 is 5.97 Å². The Bertz CT molecular complexity index is 1260. The molecule has 3 aliphatic rings. The molecule has 1 saturated heterocycles. The number of benzene rings is 1. The number of aliphatic hydroxyl groups excluding tert-OH is 1. The zero-order chi connectivity index (χ0) is 28.8. The summed E-state index contributed by atoms with van der Waals surface area (Å²) in [4.78, 5) is 30.7. The van der Waals surface area contributed by atoms with Crippen LogP contribution in [0.5, 0.6) is 0 Å². The number of aromatic nitrogens is 1. The lowest BCUT2D eigenvalue weighted by atomic mass is 9.66. The summed E-state index contributed by atoms with van der Waals surface area (Å²) in [5, 5.41) is 9.88. The predicted octanol–water partition coefficient (Wildman–Crippen LogP) is 2.63. The number of ether oxygens (including phenoxy) is 4. The van der Waals surface area contributed by atoms with Gasteiger partial charge in [0.1, 0.15) is 18.8 Å². The molecule has 1 fully saturated rings. The number of carbonyl (C=O) groups excluding carboxylic acids is 2. The number of para-hydroxylation sites is 1. The highest BCUT2D eigenvalue weighted by Gasteiger charge is 2.51. The van der Waals surface area contributed by atoms with Crippen LogP contribution in [-0.4, -0.2) is 111 Å². The Morgan fingerprint density at radius 1 is 1.02 bits per heavy atom. The van der Waals surface area contributed by atoms with Crippen LogP contribution in [0, 0.1) is 5.41 Å². The van der Waals surface area contributed by atoms with Gasteiger partial charge in [-0.3, -0.25) is 14.5 Å². The predicted molar refractivity (Wildman–Crippen MR) is 154 cm³/mol. The molecule has 0 aliphatic carbocycles. The van der Waals surface area contributed by atoms with Crippen molar-refractivity contribution in [1.82, 2.24) is 14.4 Å². The first-order chi connectivity index (χ1) is 20.0. The van der Waals surface area contributed by atoms with Crippen molar-refractivity contribution >= 4 is 28.5 Å². The maximum atomic E-state index is 14.0. The zero-order valence-electron chi connectivity index (χ0n) is 24.3. The summed E-state index contributed by atoms with van der Waals surface area (Å²) < 4.78 is 23.4. The van der Waals surface area contributed by atoms with E-state index < -0.39 is 5.97 Å². The molecular weight excluding hydrogens is 526 g/mol. The molecule has 0 radical (unpaired) electrons. The van der Waals surface area contributed by atoms with Crippen molar-refractivity contribution in [2.75, 3.05) is 79.5 Å². The number of hydrogen-bond acceptors (Lipinski definition) is 8. The highest BCUT2D eigenvalue weighted by atomic mass is 16.6. The summed E-state index contributed by atoms with van der Waals surface area (Å²) in [5.41, 5.74) is 4.23. The Balaban J connectivity index is 1.21. The topological polar surface area (TPSA) is 103 Å². The third kappa shape index (κ3) is 6.08. The Kier molecular flexibility index (Phi) is 9.77. The van der Waals surface area contributed by atoms with Crippen molar-refractivity contribution < 1.29 is 33.6 Å². The molecule has 0 saturated carbocycles. The second-order valence-corrected chi connectivity index (χ2v) is 11.1.